The number of hydrogen-bond acceptors (Lipinski definition) is 2. The molecule has 1 saturated heterocycles. The van der Waals surface area contributed by atoms with Gasteiger partial charge in [0.15, 0.2) is 0 Å². The van der Waals surface area contributed by atoms with Crippen LogP contribution in [0.4, 0.5) is 0 Å². The molecule has 0 aromatic heterocycles. The highest BCUT2D eigenvalue weighted by Crippen LogP contribution is 2.26. The van der Waals surface area contributed by atoms with Crippen molar-refractivity contribution in [1.82, 2.24) is 10.2 Å². The number of rotatable bonds is 7. The highest BCUT2D eigenvalue weighted by Gasteiger charge is 2.27. The van der Waals surface area contributed by atoms with E-state index in [0.717, 1.165) is 23.9 Å². The van der Waals surface area contributed by atoms with Crippen LogP contribution in [0.3, 0.4) is 0 Å². The van der Waals surface area contributed by atoms with Crippen molar-refractivity contribution >= 4 is 0 Å². The minimum atomic E-state index is 0.751. The van der Waals surface area contributed by atoms with Gasteiger partial charge in [-0.1, -0.05) is 40.0 Å². The minimum absolute atomic E-state index is 0.751. The Kier molecular flexibility index (Phi) is 6.83. The van der Waals surface area contributed by atoms with E-state index in [1.54, 1.807) is 0 Å². The quantitative estimate of drug-likeness (QED) is 0.756. The lowest BCUT2D eigenvalue weighted by Gasteiger charge is -2.37. The van der Waals surface area contributed by atoms with Crippen LogP contribution < -0.4 is 5.32 Å². The van der Waals surface area contributed by atoms with E-state index in [1.165, 1.54) is 71.0 Å². The third-order valence-corrected chi connectivity index (χ3v) is 5.47. The molecule has 2 atom stereocenters. The van der Waals surface area contributed by atoms with Gasteiger partial charge in [0.2, 0.25) is 0 Å². The third kappa shape index (κ3) is 5.04. The molecule has 1 aliphatic carbocycles. The van der Waals surface area contributed by atoms with Crippen molar-refractivity contribution in [2.45, 2.75) is 84.2 Å². The van der Waals surface area contributed by atoms with Gasteiger partial charge in [-0.15, -0.1) is 0 Å². The smallest absolute Gasteiger partial charge is 0.0197 e. The fourth-order valence-electron chi connectivity index (χ4n) is 4.00. The van der Waals surface area contributed by atoms with Crippen molar-refractivity contribution in [3.05, 3.63) is 0 Å². The number of nitrogens with zero attached hydrogens (tertiary/aromatic N) is 1. The number of nitrogens with one attached hydrogen (secondary N) is 1. The molecule has 0 aromatic rings. The molecular weight excluding hydrogens is 244 g/mol. The predicted molar refractivity (Wildman–Crippen MR) is 88.1 cm³/mol. The summed E-state index contributed by atoms with van der Waals surface area (Å²) in [5.41, 5.74) is 0. The Labute approximate surface area is 126 Å². The zero-order chi connectivity index (χ0) is 14.4. The zero-order valence-corrected chi connectivity index (χ0v) is 14.0. The van der Waals surface area contributed by atoms with Gasteiger partial charge >= 0.3 is 0 Å². The van der Waals surface area contributed by atoms with Gasteiger partial charge in [0.05, 0.1) is 0 Å². The highest BCUT2D eigenvalue weighted by atomic mass is 15.2. The summed E-state index contributed by atoms with van der Waals surface area (Å²) in [5, 5.41) is 3.78. The largest absolute Gasteiger partial charge is 0.313 e. The van der Waals surface area contributed by atoms with E-state index in [1.807, 2.05) is 0 Å². The van der Waals surface area contributed by atoms with E-state index in [2.05, 4.69) is 31.0 Å². The maximum Gasteiger partial charge on any atom is 0.0197 e. The van der Waals surface area contributed by atoms with Crippen molar-refractivity contribution in [1.29, 1.82) is 0 Å². The molecule has 0 aromatic carbocycles. The molecule has 2 aliphatic rings. The summed E-state index contributed by atoms with van der Waals surface area (Å²) in [6.07, 6.45) is 11.3. The molecule has 2 unspecified atom stereocenters. The van der Waals surface area contributed by atoms with E-state index >= 15 is 0 Å². The summed E-state index contributed by atoms with van der Waals surface area (Å²) >= 11 is 0. The predicted octanol–water partition coefficient (Wildman–Crippen LogP) is 4.06. The number of piperidine rings is 1. The molecule has 0 radical (unpaired) electrons. The van der Waals surface area contributed by atoms with Gasteiger partial charge in [-0.3, -0.25) is 4.90 Å². The normalized spacial score (nSPS) is 28.6. The average Bonchev–Trinajstić information content (AvgIpc) is 2.97. The molecule has 1 N–H and O–H groups in total. The summed E-state index contributed by atoms with van der Waals surface area (Å²) in [5.74, 6) is 1.80. The Hall–Kier alpha value is -0.0800. The van der Waals surface area contributed by atoms with Gasteiger partial charge in [0.1, 0.15) is 0 Å². The monoisotopic (exact) mass is 280 g/mol. The van der Waals surface area contributed by atoms with Gasteiger partial charge in [0, 0.05) is 18.6 Å². The molecule has 0 spiro atoms. The molecule has 118 valence electrons. The SMILES string of the molecule is CCC1CCNC(CN(CCC(C)C)C2CCCC2)C1. The first-order chi connectivity index (χ1) is 9.69. The lowest BCUT2D eigenvalue weighted by atomic mass is 9.90. The van der Waals surface area contributed by atoms with Crippen molar-refractivity contribution in [3.63, 3.8) is 0 Å². The van der Waals surface area contributed by atoms with Crippen molar-refractivity contribution < 1.29 is 0 Å². The molecular formula is C18H36N2. The van der Waals surface area contributed by atoms with E-state index in [0.29, 0.717) is 0 Å². The van der Waals surface area contributed by atoms with Crippen LogP contribution in [0.1, 0.15) is 72.1 Å². The van der Waals surface area contributed by atoms with Crippen molar-refractivity contribution in [2.75, 3.05) is 19.6 Å². The van der Waals surface area contributed by atoms with Crippen LogP contribution in [0.2, 0.25) is 0 Å². The van der Waals surface area contributed by atoms with Gasteiger partial charge in [-0.05, 0) is 57.0 Å². The van der Waals surface area contributed by atoms with Crippen LogP contribution in [0.25, 0.3) is 0 Å². The fraction of sp³-hybridized carbons (Fsp3) is 1.00. The Morgan fingerprint density at radius 1 is 1.15 bits per heavy atom. The second-order valence-corrected chi connectivity index (χ2v) is 7.57. The van der Waals surface area contributed by atoms with Crippen LogP contribution in [0, 0.1) is 11.8 Å². The summed E-state index contributed by atoms with van der Waals surface area (Å²) in [7, 11) is 0. The standard InChI is InChI=1S/C18H36N2/c1-4-16-9-11-19-17(13-16)14-20(12-10-15(2)3)18-7-5-6-8-18/h15-19H,4-14H2,1-3H3. The molecule has 2 fully saturated rings. The second-order valence-electron chi connectivity index (χ2n) is 7.57. The molecule has 1 heterocycles. The number of hydrogen-bond donors (Lipinski definition) is 1. The van der Waals surface area contributed by atoms with Crippen LogP contribution in [0.5, 0.6) is 0 Å². The fourth-order valence-corrected chi connectivity index (χ4v) is 4.00. The molecule has 20 heavy (non-hydrogen) atoms. The molecule has 1 aliphatic heterocycles. The maximum absolute atomic E-state index is 3.78. The van der Waals surface area contributed by atoms with Crippen LogP contribution in [-0.4, -0.2) is 36.6 Å². The Morgan fingerprint density at radius 2 is 1.90 bits per heavy atom. The summed E-state index contributed by atoms with van der Waals surface area (Å²) in [6, 6.07) is 1.64. The summed E-state index contributed by atoms with van der Waals surface area (Å²) in [6.45, 7) is 10.9. The van der Waals surface area contributed by atoms with E-state index < -0.39 is 0 Å². The highest BCUT2D eigenvalue weighted by molar-refractivity contribution is 4.85. The molecule has 2 heteroatoms. The lowest BCUT2D eigenvalue weighted by molar-refractivity contribution is 0.147. The van der Waals surface area contributed by atoms with Gasteiger partial charge in [-0.2, -0.15) is 0 Å². The first-order valence-corrected chi connectivity index (χ1v) is 9.16. The summed E-state index contributed by atoms with van der Waals surface area (Å²) < 4.78 is 0. The van der Waals surface area contributed by atoms with Crippen molar-refractivity contribution in [3.8, 4) is 0 Å². The van der Waals surface area contributed by atoms with Gasteiger partial charge in [-0.25, -0.2) is 0 Å². The molecule has 2 nitrogen and oxygen atoms in total. The first kappa shape index (κ1) is 16.3. The van der Waals surface area contributed by atoms with Crippen LogP contribution in [0.15, 0.2) is 0 Å². The maximum atomic E-state index is 3.78. The zero-order valence-electron chi connectivity index (χ0n) is 14.0. The Balaban J connectivity index is 1.85. The van der Waals surface area contributed by atoms with Gasteiger partial charge in [0.25, 0.3) is 0 Å². The minimum Gasteiger partial charge on any atom is -0.313 e. The Bertz CT molecular complexity index is 258. The van der Waals surface area contributed by atoms with E-state index in [4.69, 9.17) is 0 Å². The topological polar surface area (TPSA) is 15.3 Å². The van der Waals surface area contributed by atoms with E-state index in [-0.39, 0.29) is 0 Å². The average molecular weight is 280 g/mol. The second kappa shape index (κ2) is 8.38. The summed E-state index contributed by atoms with van der Waals surface area (Å²) in [4.78, 5) is 2.84. The van der Waals surface area contributed by atoms with E-state index in [9.17, 15) is 0 Å². The van der Waals surface area contributed by atoms with Gasteiger partial charge < -0.3 is 5.32 Å². The van der Waals surface area contributed by atoms with Crippen LogP contribution in [-0.2, 0) is 0 Å². The molecule has 0 bridgehead atoms. The lowest BCUT2D eigenvalue weighted by Crippen LogP contribution is -2.48. The Morgan fingerprint density at radius 3 is 2.55 bits per heavy atom. The van der Waals surface area contributed by atoms with Crippen LogP contribution >= 0.6 is 0 Å². The molecule has 0 amide bonds. The van der Waals surface area contributed by atoms with Crippen molar-refractivity contribution in [2.24, 2.45) is 11.8 Å². The molecule has 2 rings (SSSR count). The third-order valence-electron chi connectivity index (χ3n) is 5.47. The first-order valence-electron chi connectivity index (χ1n) is 9.16. The molecule has 1 saturated carbocycles.